The fourth-order valence-electron chi connectivity index (χ4n) is 4.93. The van der Waals surface area contributed by atoms with E-state index in [2.05, 4.69) is 27.3 Å². The molecule has 1 amide bonds. The number of hydrogen-bond acceptors (Lipinski definition) is 5. The second-order valence-electron chi connectivity index (χ2n) is 7.98. The number of thiophene rings is 1. The minimum Gasteiger partial charge on any atom is -0.339 e. The summed E-state index contributed by atoms with van der Waals surface area (Å²) >= 11 is 1.72. The molecule has 1 aliphatic carbocycles. The number of nitrogens with zero attached hydrogens (tertiary/aromatic N) is 2. The molecule has 1 aromatic heterocycles. The standard InChI is InChI=1S/C19H28N2O3S2/c22-18(19(7-1-2-8-19)17-4-3-13-25-17)21-11-9-20(10-12-21)16-5-14-26(23,24)15-6-16/h3-4,13,16H,1-2,5-12,14-15H2. The lowest BCUT2D eigenvalue weighted by atomic mass is 9.82. The topological polar surface area (TPSA) is 57.7 Å². The Hall–Kier alpha value is -0.920. The molecule has 7 heteroatoms. The van der Waals surface area contributed by atoms with Crippen LogP contribution in [0.2, 0.25) is 0 Å². The second-order valence-corrected chi connectivity index (χ2v) is 11.2. The summed E-state index contributed by atoms with van der Waals surface area (Å²) in [5, 5.41) is 2.08. The van der Waals surface area contributed by atoms with Gasteiger partial charge in [-0.05, 0) is 37.1 Å². The largest absolute Gasteiger partial charge is 0.339 e. The summed E-state index contributed by atoms with van der Waals surface area (Å²) in [6.45, 7) is 3.29. The van der Waals surface area contributed by atoms with E-state index in [1.807, 2.05) is 0 Å². The summed E-state index contributed by atoms with van der Waals surface area (Å²) in [7, 11) is -2.81. The van der Waals surface area contributed by atoms with Gasteiger partial charge < -0.3 is 4.90 Å². The van der Waals surface area contributed by atoms with E-state index in [-0.39, 0.29) is 5.41 Å². The minimum atomic E-state index is -2.81. The lowest BCUT2D eigenvalue weighted by molar-refractivity contribution is -0.139. The Bertz CT molecular complexity index is 717. The summed E-state index contributed by atoms with van der Waals surface area (Å²) in [6.07, 6.45) is 5.73. The highest BCUT2D eigenvalue weighted by molar-refractivity contribution is 7.91. The molecule has 0 atom stereocenters. The maximum atomic E-state index is 13.4. The summed E-state index contributed by atoms with van der Waals surface area (Å²) in [5.41, 5.74) is -0.282. The molecule has 0 aromatic carbocycles. The van der Waals surface area contributed by atoms with Crippen LogP contribution >= 0.6 is 11.3 Å². The molecule has 5 nitrogen and oxygen atoms in total. The van der Waals surface area contributed by atoms with Crippen LogP contribution in [0.15, 0.2) is 17.5 Å². The van der Waals surface area contributed by atoms with Gasteiger partial charge in [0.05, 0.1) is 16.9 Å². The van der Waals surface area contributed by atoms with E-state index in [1.54, 1.807) is 11.3 Å². The van der Waals surface area contributed by atoms with E-state index < -0.39 is 9.84 Å². The predicted octanol–water partition coefficient (Wildman–Crippen LogP) is 2.28. The summed E-state index contributed by atoms with van der Waals surface area (Å²) < 4.78 is 23.3. The third kappa shape index (κ3) is 3.45. The zero-order valence-electron chi connectivity index (χ0n) is 15.2. The lowest BCUT2D eigenvalue weighted by Crippen LogP contribution is -2.56. The zero-order chi connectivity index (χ0) is 18.2. The van der Waals surface area contributed by atoms with Crippen molar-refractivity contribution in [1.82, 2.24) is 9.80 Å². The Kier molecular flexibility index (Phi) is 5.14. The van der Waals surface area contributed by atoms with Crippen LogP contribution in [0.4, 0.5) is 0 Å². The molecular weight excluding hydrogens is 368 g/mol. The number of carbonyl (C=O) groups is 1. The van der Waals surface area contributed by atoms with Gasteiger partial charge in [0.1, 0.15) is 9.84 Å². The molecule has 1 saturated carbocycles. The molecule has 2 saturated heterocycles. The molecule has 0 radical (unpaired) electrons. The van der Waals surface area contributed by atoms with Crippen molar-refractivity contribution in [2.45, 2.75) is 50.0 Å². The number of sulfone groups is 1. The van der Waals surface area contributed by atoms with Gasteiger partial charge in [-0.25, -0.2) is 8.42 Å². The van der Waals surface area contributed by atoms with Crippen LogP contribution in [-0.2, 0) is 20.0 Å². The zero-order valence-corrected chi connectivity index (χ0v) is 16.9. The van der Waals surface area contributed by atoms with Gasteiger partial charge in [0, 0.05) is 37.1 Å². The average molecular weight is 397 g/mol. The van der Waals surface area contributed by atoms with Gasteiger partial charge in [-0.15, -0.1) is 11.3 Å². The molecule has 3 aliphatic rings. The Morgan fingerprint density at radius 1 is 1.08 bits per heavy atom. The van der Waals surface area contributed by atoms with Gasteiger partial charge in [0.25, 0.3) is 0 Å². The van der Waals surface area contributed by atoms with Crippen LogP contribution in [0.3, 0.4) is 0 Å². The average Bonchev–Trinajstić information content (AvgIpc) is 3.34. The Labute approximate surface area is 160 Å². The lowest BCUT2D eigenvalue weighted by Gasteiger charge is -2.43. The first-order chi connectivity index (χ1) is 12.5. The number of carbonyl (C=O) groups excluding carboxylic acids is 1. The molecule has 0 spiro atoms. The van der Waals surface area contributed by atoms with E-state index in [0.717, 1.165) is 64.7 Å². The highest BCUT2D eigenvalue weighted by atomic mass is 32.2. The van der Waals surface area contributed by atoms with Gasteiger partial charge in [-0.1, -0.05) is 18.9 Å². The fourth-order valence-corrected chi connectivity index (χ4v) is 7.38. The molecule has 1 aromatic rings. The molecule has 0 bridgehead atoms. The van der Waals surface area contributed by atoms with E-state index in [4.69, 9.17) is 0 Å². The molecule has 3 fully saturated rings. The molecule has 144 valence electrons. The molecule has 0 unspecified atom stereocenters. The Balaban J connectivity index is 1.39. The van der Waals surface area contributed by atoms with Crippen LogP contribution in [0.25, 0.3) is 0 Å². The number of hydrogen-bond donors (Lipinski definition) is 0. The van der Waals surface area contributed by atoms with Crippen molar-refractivity contribution in [3.8, 4) is 0 Å². The fraction of sp³-hybridized carbons (Fsp3) is 0.737. The third-order valence-corrected chi connectivity index (χ3v) is 9.29. The van der Waals surface area contributed by atoms with Crippen molar-refractivity contribution in [2.24, 2.45) is 0 Å². The summed E-state index contributed by atoms with van der Waals surface area (Å²) in [5.74, 6) is 0.958. The molecular formula is C19H28N2O3S2. The van der Waals surface area contributed by atoms with Gasteiger partial charge in [-0.3, -0.25) is 9.69 Å². The summed E-state index contributed by atoms with van der Waals surface area (Å²) in [4.78, 5) is 19.1. The predicted molar refractivity (Wildman–Crippen MR) is 104 cm³/mol. The van der Waals surface area contributed by atoms with Crippen molar-refractivity contribution < 1.29 is 13.2 Å². The SMILES string of the molecule is O=C(N1CCN(C2CCS(=O)(=O)CC2)CC1)C1(c2cccs2)CCCC1. The van der Waals surface area contributed by atoms with Gasteiger partial charge in [0.2, 0.25) is 5.91 Å². The Morgan fingerprint density at radius 2 is 1.73 bits per heavy atom. The van der Waals surface area contributed by atoms with E-state index in [9.17, 15) is 13.2 Å². The third-order valence-electron chi connectivity index (χ3n) is 6.50. The van der Waals surface area contributed by atoms with Crippen LogP contribution in [0.5, 0.6) is 0 Å². The van der Waals surface area contributed by atoms with Gasteiger partial charge >= 0.3 is 0 Å². The van der Waals surface area contributed by atoms with Gasteiger partial charge in [-0.2, -0.15) is 0 Å². The van der Waals surface area contributed by atoms with Crippen LogP contribution in [-0.4, -0.2) is 67.9 Å². The second kappa shape index (κ2) is 7.24. The summed E-state index contributed by atoms with van der Waals surface area (Å²) in [6, 6.07) is 4.56. The maximum absolute atomic E-state index is 13.4. The van der Waals surface area contributed by atoms with Crippen molar-refractivity contribution in [3.05, 3.63) is 22.4 Å². The monoisotopic (exact) mass is 396 g/mol. The number of rotatable bonds is 3. The first kappa shape index (κ1) is 18.4. The van der Waals surface area contributed by atoms with Crippen molar-refractivity contribution in [3.63, 3.8) is 0 Å². The first-order valence-electron chi connectivity index (χ1n) is 9.78. The van der Waals surface area contributed by atoms with Gasteiger partial charge in [0.15, 0.2) is 0 Å². The van der Waals surface area contributed by atoms with E-state index >= 15 is 0 Å². The number of amides is 1. The van der Waals surface area contributed by atoms with E-state index in [1.165, 1.54) is 4.88 Å². The van der Waals surface area contributed by atoms with Crippen LogP contribution in [0, 0.1) is 0 Å². The highest BCUT2D eigenvalue weighted by Gasteiger charge is 2.46. The first-order valence-corrected chi connectivity index (χ1v) is 12.5. The maximum Gasteiger partial charge on any atom is 0.234 e. The normalized spacial score (nSPS) is 26.8. The minimum absolute atomic E-state index is 0.282. The molecule has 26 heavy (non-hydrogen) atoms. The van der Waals surface area contributed by atoms with Crippen molar-refractivity contribution in [2.75, 3.05) is 37.7 Å². The van der Waals surface area contributed by atoms with Crippen molar-refractivity contribution in [1.29, 1.82) is 0 Å². The molecule has 0 N–H and O–H groups in total. The quantitative estimate of drug-likeness (QED) is 0.787. The number of piperazine rings is 1. The molecule has 4 rings (SSSR count). The van der Waals surface area contributed by atoms with Crippen molar-refractivity contribution >= 4 is 27.1 Å². The van der Waals surface area contributed by atoms with Crippen LogP contribution < -0.4 is 0 Å². The molecule has 3 heterocycles. The van der Waals surface area contributed by atoms with Crippen LogP contribution in [0.1, 0.15) is 43.4 Å². The molecule has 2 aliphatic heterocycles. The van der Waals surface area contributed by atoms with E-state index in [0.29, 0.717) is 23.5 Å². The highest BCUT2D eigenvalue weighted by Crippen LogP contribution is 2.44. The Morgan fingerprint density at radius 3 is 2.31 bits per heavy atom. The smallest absolute Gasteiger partial charge is 0.234 e.